The van der Waals surface area contributed by atoms with Crippen molar-refractivity contribution < 1.29 is 5.11 Å². The summed E-state index contributed by atoms with van der Waals surface area (Å²) in [5, 5.41) is 23.8. The maximum absolute atomic E-state index is 9.92. The van der Waals surface area contributed by atoms with Crippen molar-refractivity contribution in [2.75, 3.05) is 23.7 Å². The number of pyridine rings is 1. The van der Waals surface area contributed by atoms with Crippen LogP contribution in [0.15, 0.2) is 34.7 Å². The molecule has 0 unspecified atom stereocenters. The van der Waals surface area contributed by atoms with Gasteiger partial charge in [0.15, 0.2) is 0 Å². The van der Waals surface area contributed by atoms with Gasteiger partial charge >= 0.3 is 0 Å². The lowest BCUT2D eigenvalue weighted by atomic mass is 10.1. The predicted octanol–water partition coefficient (Wildman–Crippen LogP) is 5.12. The molecule has 3 heterocycles. The molecule has 3 aromatic rings. The number of anilines is 2. The third-order valence-electron chi connectivity index (χ3n) is 5.14. The molecule has 162 valence electrons. The number of hydrogen-bond donors (Lipinski definition) is 2. The Morgan fingerprint density at radius 1 is 1.31 bits per heavy atom. The van der Waals surface area contributed by atoms with Crippen LogP contribution in [0.25, 0.3) is 15.4 Å². The maximum Gasteiger partial charge on any atom is 0.251 e. The molecule has 0 saturated carbocycles. The van der Waals surface area contributed by atoms with E-state index >= 15 is 0 Å². The number of nitriles is 1. The number of thiazole rings is 1. The van der Waals surface area contributed by atoms with E-state index in [-0.39, 0.29) is 17.6 Å². The first-order valence-corrected chi connectivity index (χ1v) is 12.1. The summed E-state index contributed by atoms with van der Waals surface area (Å²) in [7, 11) is 0. The van der Waals surface area contributed by atoms with E-state index < -0.39 is 0 Å². The number of aromatic nitrogens is 2. The van der Waals surface area contributed by atoms with Gasteiger partial charge in [-0.25, -0.2) is 14.8 Å². The summed E-state index contributed by atoms with van der Waals surface area (Å²) in [6.07, 6.45) is 0.805. The van der Waals surface area contributed by atoms with Gasteiger partial charge in [0.25, 0.3) is 5.69 Å². The Labute approximate surface area is 199 Å². The Bertz CT molecular complexity index is 1210. The highest BCUT2D eigenvalue weighted by molar-refractivity contribution is 7.98. The first-order chi connectivity index (χ1) is 15.5. The van der Waals surface area contributed by atoms with Crippen LogP contribution in [0.2, 0.25) is 5.02 Å². The van der Waals surface area contributed by atoms with Crippen molar-refractivity contribution in [2.45, 2.75) is 29.7 Å². The highest BCUT2D eigenvalue weighted by atomic mass is 35.5. The lowest BCUT2D eigenvalue weighted by Gasteiger charge is -2.33. The number of hydrogen-bond acceptors (Lipinski definition) is 8. The van der Waals surface area contributed by atoms with Crippen molar-refractivity contribution >= 4 is 51.9 Å². The van der Waals surface area contributed by atoms with Crippen LogP contribution in [0, 0.1) is 17.9 Å². The molecule has 3 N–H and O–H groups in total. The van der Waals surface area contributed by atoms with Gasteiger partial charge in [-0.05, 0) is 25.0 Å². The largest absolute Gasteiger partial charge is 0.393 e. The second kappa shape index (κ2) is 9.76. The zero-order valence-electron chi connectivity index (χ0n) is 17.0. The number of nitrogens with two attached hydrogens (primary N) is 1. The molecule has 0 radical (unpaired) electrons. The fraction of sp³-hybridized carbons (Fsp3) is 0.273. The first kappa shape index (κ1) is 22.4. The third-order valence-corrected chi connectivity index (χ3v) is 7.34. The van der Waals surface area contributed by atoms with E-state index in [1.54, 1.807) is 0 Å². The van der Waals surface area contributed by atoms with E-state index in [2.05, 4.69) is 20.9 Å². The number of aliphatic hydroxyl groups excluding tert-OH is 1. The second-order valence-electron chi connectivity index (χ2n) is 7.26. The molecule has 1 fully saturated rings. The molecule has 0 atom stereocenters. The minimum atomic E-state index is -0.360. The Hall–Kier alpha value is -2.82. The highest BCUT2D eigenvalue weighted by Crippen LogP contribution is 2.42. The number of piperidine rings is 1. The van der Waals surface area contributed by atoms with Crippen molar-refractivity contribution in [1.29, 1.82) is 5.26 Å². The normalized spacial score (nSPS) is 14.2. The van der Waals surface area contributed by atoms with Crippen LogP contribution in [0.3, 0.4) is 0 Å². The number of aliphatic hydroxyl groups is 1. The molecule has 1 aliphatic heterocycles. The van der Waals surface area contributed by atoms with Crippen LogP contribution < -0.4 is 10.6 Å². The molecule has 1 aliphatic rings. The fourth-order valence-electron chi connectivity index (χ4n) is 3.51. The summed E-state index contributed by atoms with van der Waals surface area (Å²) >= 11 is 8.88. The molecule has 0 spiro atoms. The first-order valence-electron chi connectivity index (χ1n) is 9.87. The summed E-state index contributed by atoms with van der Waals surface area (Å²) < 4.78 is 0. The lowest BCUT2D eigenvalue weighted by molar-refractivity contribution is 0.145. The second-order valence-corrected chi connectivity index (χ2v) is 9.51. The molecule has 7 nitrogen and oxygen atoms in total. The van der Waals surface area contributed by atoms with E-state index in [0.29, 0.717) is 53.0 Å². The fourth-order valence-corrected chi connectivity index (χ4v) is 5.45. The quantitative estimate of drug-likeness (QED) is 0.384. The van der Waals surface area contributed by atoms with E-state index in [9.17, 15) is 10.4 Å². The van der Waals surface area contributed by atoms with Gasteiger partial charge in [-0.15, -0.1) is 11.3 Å². The predicted molar refractivity (Wildman–Crippen MR) is 129 cm³/mol. The van der Waals surface area contributed by atoms with Crippen LogP contribution in [-0.2, 0) is 5.75 Å². The molecule has 0 bridgehead atoms. The zero-order valence-corrected chi connectivity index (χ0v) is 19.3. The molecule has 4 rings (SSSR count). The van der Waals surface area contributed by atoms with Crippen LogP contribution in [0.5, 0.6) is 0 Å². The van der Waals surface area contributed by atoms with Gasteiger partial charge in [0, 0.05) is 34.8 Å². The highest BCUT2D eigenvalue weighted by Gasteiger charge is 2.27. The summed E-state index contributed by atoms with van der Waals surface area (Å²) in [5.74, 6) is 0.628. The minimum absolute atomic E-state index is 0.114. The maximum atomic E-state index is 9.92. The average molecular weight is 483 g/mol. The number of thioether (sulfide) groups is 1. The Morgan fingerprint density at radius 3 is 2.69 bits per heavy atom. The van der Waals surface area contributed by atoms with Gasteiger partial charge in [-0.2, -0.15) is 5.26 Å². The van der Waals surface area contributed by atoms with Crippen molar-refractivity contribution in [1.82, 2.24) is 9.97 Å². The molecule has 0 amide bonds. The van der Waals surface area contributed by atoms with Gasteiger partial charge in [0.1, 0.15) is 21.9 Å². The Morgan fingerprint density at radius 2 is 2.03 bits per heavy atom. The van der Waals surface area contributed by atoms with Gasteiger partial charge in [0.05, 0.1) is 29.6 Å². The molecular weight excluding hydrogens is 464 g/mol. The SMILES string of the molecule is [C-]#[N+]c1c(N)nc(SCc2csc(-c3ccc(Cl)cc3)n2)c(C#N)c1N1CCC(O)CC1. The van der Waals surface area contributed by atoms with Crippen LogP contribution in [0.1, 0.15) is 24.1 Å². The van der Waals surface area contributed by atoms with Gasteiger partial charge in [-0.3, -0.25) is 0 Å². The monoisotopic (exact) mass is 482 g/mol. The number of benzene rings is 1. The summed E-state index contributed by atoms with van der Waals surface area (Å²) in [6.45, 7) is 8.67. The molecule has 2 aromatic heterocycles. The molecule has 32 heavy (non-hydrogen) atoms. The summed E-state index contributed by atoms with van der Waals surface area (Å²) in [4.78, 5) is 14.6. The van der Waals surface area contributed by atoms with Crippen molar-refractivity contribution in [3.63, 3.8) is 0 Å². The van der Waals surface area contributed by atoms with Crippen LogP contribution >= 0.6 is 34.7 Å². The molecule has 0 aliphatic carbocycles. The minimum Gasteiger partial charge on any atom is -0.393 e. The molecule has 1 saturated heterocycles. The van der Waals surface area contributed by atoms with E-state index in [0.717, 1.165) is 16.3 Å². The van der Waals surface area contributed by atoms with Crippen molar-refractivity contribution in [3.05, 3.63) is 57.3 Å². The van der Waals surface area contributed by atoms with Crippen LogP contribution in [0.4, 0.5) is 17.2 Å². The number of rotatable bonds is 5. The number of nitrogen functional groups attached to an aromatic ring is 1. The van der Waals surface area contributed by atoms with Gasteiger partial charge in [-0.1, -0.05) is 35.5 Å². The smallest absolute Gasteiger partial charge is 0.251 e. The Balaban J connectivity index is 1.60. The van der Waals surface area contributed by atoms with E-state index in [1.165, 1.54) is 23.1 Å². The van der Waals surface area contributed by atoms with Crippen LogP contribution in [-0.4, -0.2) is 34.3 Å². The lowest BCUT2D eigenvalue weighted by Crippen LogP contribution is -2.36. The molecular formula is C22H19ClN6OS2. The average Bonchev–Trinajstić information content (AvgIpc) is 3.27. The standard InChI is InChI=1S/C22H19ClN6OS2/c1-26-18-19(29-8-6-16(30)7-9-29)17(10-24)22(28-20(18)25)32-12-15-11-31-21(27-15)13-2-4-14(23)5-3-13/h2-5,11,16,30H,6-9,12H2,(H2,25,28). The Kier molecular flexibility index (Phi) is 6.83. The summed E-state index contributed by atoms with van der Waals surface area (Å²) in [6, 6.07) is 9.75. The molecule has 10 heteroatoms. The number of halogens is 1. The summed E-state index contributed by atoms with van der Waals surface area (Å²) in [5.41, 5.74) is 9.02. The molecule has 1 aromatic carbocycles. The van der Waals surface area contributed by atoms with E-state index in [4.69, 9.17) is 23.9 Å². The van der Waals surface area contributed by atoms with Crippen molar-refractivity contribution in [2.24, 2.45) is 0 Å². The van der Waals surface area contributed by atoms with Crippen molar-refractivity contribution in [3.8, 4) is 16.6 Å². The zero-order chi connectivity index (χ0) is 22.7. The number of nitrogens with zero attached hydrogens (tertiary/aromatic N) is 5. The third kappa shape index (κ3) is 4.67. The van der Waals surface area contributed by atoms with Gasteiger partial charge < -0.3 is 15.7 Å². The van der Waals surface area contributed by atoms with Gasteiger partial charge in [0.2, 0.25) is 0 Å². The topological polar surface area (TPSA) is 103 Å². The van der Waals surface area contributed by atoms with E-state index in [1.807, 2.05) is 34.5 Å².